The first-order valence-corrected chi connectivity index (χ1v) is 16.9. The molecule has 14 atom stereocenters. The van der Waals surface area contributed by atoms with Gasteiger partial charge in [0, 0.05) is 33.1 Å². The Kier molecular flexibility index (Phi) is 10.4. The molecular weight excluding hydrogens is 616 g/mol. The molecule has 1 saturated heterocycles. The summed E-state index contributed by atoms with van der Waals surface area (Å²) in [6.45, 7) is 7.48. The van der Waals surface area contributed by atoms with E-state index in [9.17, 15) is 34.2 Å². The van der Waals surface area contributed by atoms with Crippen molar-refractivity contribution in [2.45, 2.75) is 129 Å². The number of methoxy groups -OCH3 is 1. The van der Waals surface area contributed by atoms with E-state index in [0.717, 1.165) is 46.6 Å². The molecule has 2 N–H and O–H groups in total. The summed E-state index contributed by atoms with van der Waals surface area (Å²) in [4.78, 5) is 63.2. The number of aliphatic hydroxyl groups is 2. The molecule has 47 heavy (non-hydrogen) atoms. The van der Waals surface area contributed by atoms with Crippen LogP contribution in [-0.2, 0) is 52.4 Å². The number of hydrogen-bond acceptors (Lipinski definition) is 13. The number of esters is 4. The molecule has 4 aliphatic carbocycles. The molecule has 0 aromatic carbocycles. The monoisotopic (exact) mass is 666 g/mol. The summed E-state index contributed by atoms with van der Waals surface area (Å²) < 4.78 is 33.7. The number of carbonyl (C=O) groups is 5. The first-order valence-electron chi connectivity index (χ1n) is 16.9. The van der Waals surface area contributed by atoms with Gasteiger partial charge in [0.2, 0.25) is 0 Å². The second-order valence-electron chi connectivity index (χ2n) is 14.8. The Bertz CT molecular complexity index is 1240. The van der Waals surface area contributed by atoms with Crippen LogP contribution in [0.25, 0.3) is 0 Å². The fourth-order valence-corrected chi connectivity index (χ4v) is 10.3. The van der Waals surface area contributed by atoms with Crippen molar-refractivity contribution in [1.29, 1.82) is 0 Å². The number of rotatable bonds is 8. The van der Waals surface area contributed by atoms with Crippen molar-refractivity contribution < 1.29 is 62.6 Å². The molecule has 0 amide bonds. The van der Waals surface area contributed by atoms with Gasteiger partial charge in [-0.2, -0.15) is 0 Å². The van der Waals surface area contributed by atoms with Crippen molar-refractivity contribution in [2.24, 2.45) is 40.4 Å². The SMILES string of the molecule is COC(=O)[C@@H]1O[C@@H](O[C@@H]2CC[C@]3(C)[C@H](CC[C@H]4[C@H]3C(=O)C[C@@]3(C)[C@@H]([C@H](O)CO)CC[C@@H]43)C2)[C@H](OC(C)=O)[C@@H](OC(C)=O)[C@@H]1OC(C)=O. The maximum Gasteiger partial charge on any atom is 0.339 e. The fraction of sp³-hybridized carbons (Fsp3) is 0.853. The van der Waals surface area contributed by atoms with Gasteiger partial charge in [-0.25, -0.2) is 4.79 Å². The Labute approximate surface area is 275 Å². The van der Waals surface area contributed by atoms with E-state index in [1.165, 1.54) is 6.92 Å². The number of aliphatic hydroxyl groups excluding tert-OH is 2. The predicted molar refractivity (Wildman–Crippen MR) is 161 cm³/mol. The molecule has 0 aromatic heterocycles. The van der Waals surface area contributed by atoms with Gasteiger partial charge in [0.05, 0.1) is 25.9 Å². The van der Waals surface area contributed by atoms with Crippen LogP contribution in [0.3, 0.4) is 0 Å². The van der Waals surface area contributed by atoms with Crippen LogP contribution >= 0.6 is 0 Å². The number of fused-ring (bicyclic) bond motifs is 5. The Morgan fingerprint density at radius 1 is 0.894 bits per heavy atom. The van der Waals surface area contributed by atoms with Crippen LogP contribution in [0.5, 0.6) is 0 Å². The maximum absolute atomic E-state index is 14.0. The smallest absolute Gasteiger partial charge is 0.339 e. The molecule has 13 nitrogen and oxygen atoms in total. The number of carbonyl (C=O) groups excluding carboxylic acids is 5. The van der Waals surface area contributed by atoms with E-state index in [1.54, 1.807) is 0 Å². The van der Waals surface area contributed by atoms with Crippen LogP contribution < -0.4 is 0 Å². The largest absolute Gasteiger partial charge is 0.467 e. The Morgan fingerprint density at radius 3 is 2.15 bits per heavy atom. The van der Waals surface area contributed by atoms with Gasteiger partial charge < -0.3 is 38.6 Å². The predicted octanol–water partition coefficient (Wildman–Crippen LogP) is 2.26. The van der Waals surface area contributed by atoms with Crippen molar-refractivity contribution in [2.75, 3.05) is 13.7 Å². The first kappa shape index (κ1) is 35.7. The second-order valence-corrected chi connectivity index (χ2v) is 14.8. The molecule has 0 spiro atoms. The molecule has 5 aliphatic rings. The van der Waals surface area contributed by atoms with Gasteiger partial charge in [0.15, 0.2) is 30.7 Å². The molecule has 0 unspecified atom stereocenters. The minimum atomic E-state index is -1.52. The van der Waals surface area contributed by atoms with Crippen LogP contribution in [0, 0.1) is 40.4 Å². The van der Waals surface area contributed by atoms with Gasteiger partial charge in [-0.15, -0.1) is 0 Å². The quantitative estimate of drug-likeness (QED) is 0.219. The average Bonchev–Trinajstić information content (AvgIpc) is 3.34. The summed E-state index contributed by atoms with van der Waals surface area (Å²) in [7, 11) is 1.14. The highest BCUT2D eigenvalue weighted by Gasteiger charge is 2.64. The molecule has 4 saturated carbocycles. The molecule has 1 heterocycles. The summed E-state index contributed by atoms with van der Waals surface area (Å²) in [5.41, 5.74) is -0.584. The third-order valence-electron chi connectivity index (χ3n) is 12.2. The topological polar surface area (TPSA) is 181 Å². The maximum atomic E-state index is 14.0. The number of ether oxygens (including phenoxy) is 6. The molecule has 0 bridgehead atoms. The summed E-state index contributed by atoms with van der Waals surface area (Å²) in [5.74, 6) is -2.42. The van der Waals surface area contributed by atoms with Gasteiger partial charge in [-0.3, -0.25) is 19.2 Å². The average molecular weight is 667 g/mol. The third kappa shape index (κ3) is 6.57. The van der Waals surface area contributed by atoms with Gasteiger partial charge in [-0.1, -0.05) is 13.8 Å². The Hall–Kier alpha value is -2.61. The van der Waals surface area contributed by atoms with E-state index in [2.05, 4.69) is 13.8 Å². The molecule has 1 aliphatic heterocycles. The lowest BCUT2D eigenvalue weighted by molar-refractivity contribution is -0.314. The van der Waals surface area contributed by atoms with Crippen molar-refractivity contribution in [3.8, 4) is 0 Å². The van der Waals surface area contributed by atoms with Crippen molar-refractivity contribution >= 4 is 29.7 Å². The van der Waals surface area contributed by atoms with Crippen LogP contribution in [0.15, 0.2) is 0 Å². The zero-order chi connectivity index (χ0) is 34.4. The summed E-state index contributed by atoms with van der Waals surface area (Å²) in [6, 6.07) is 0. The number of ketones is 1. The van der Waals surface area contributed by atoms with Crippen molar-refractivity contribution in [3.05, 3.63) is 0 Å². The van der Waals surface area contributed by atoms with Crippen LogP contribution in [0.4, 0.5) is 0 Å². The second kappa shape index (κ2) is 13.7. The first-order chi connectivity index (χ1) is 22.1. The number of hydrogen-bond donors (Lipinski definition) is 2. The lowest BCUT2D eigenvalue weighted by Gasteiger charge is -2.60. The van der Waals surface area contributed by atoms with Crippen LogP contribution in [0.2, 0.25) is 0 Å². The highest BCUT2D eigenvalue weighted by atomic mass is 16.7. The summed E-state index contributed by atoms with van der Waals surface area (Å²) >= 11 is 0. The van der Waals surface area contributed by atoms with Crippen molar-refractivity contribution in [3.63, 3.8) is 0 Å². The van der Waals surface area contributed by atoms with Crippen LogP contribution in [-0.4, -0.2) is 96.5 Å². The Morgan fingerprint density at radius 2 is 1.53 bits per heavy atom. The van der Waals surface area contributed by atoms with E-state index in [1.807, 2.05) is 0 Å². The molecular formula is C34H50O13. The molecule has 0 aromatic rings. The van der Waals surface area contributed by atoms with E-state index in [-0.39, 0.29) is 46.9 Å². The van der Waals surface area contributed by atoms with E-state index in [4.69, 9.17) is 28.4 Å². The van der Waals surface area contributed by atoms with Gasteiger partial charge >= 0.3 is 23.9 Å². The lowest BCUT2D eigenvalue weighted by Crippen LogP contribution is -2.64. The van der Waals surface area contributed by atoms with E-state index < -0.39 is 66.8 Å². The zero-order valence-corrected chi connectivity index (χ0v) is 28.2. The van der Waals surface area contributed by atoms with Gasteiger partial charge in [-0.05, 0) is 79.4 Å². The van der Waals surface area contributed by atoms with E-state index in [0.29, 0.717) is 31.6 Å². The summed E-state index contributed by atoms with van der Waals surface area (Å²) in [5, 5.41) is 20.3. The lowest BCUT2D eigenvalue weighted by atomic mass is 9.44. The van der Waals surface area contributed by atoms with Crippen molar-refractivity contribution in [1.82, 2.24) is 0 Å². The minimum absolute atomic E-state index is 0.0946. The number of Topliss-reactive ketones (excluding diaryl/α,β-unsaturated/α-hetero) is 1. The fourth-order valence-electron chi connectivity index (χ4n) is 10.3. The minimum Gasteiger partial charge on any atom is -0.467 e. The van der Waals surface area contributed by atoms with E-state index >= 15 is 0 Å². The zero-order valence-electron chi connectivity index (χ0n) is 28.2. The molecule has 13 heteroatoms. The standard InChI is InChI=1S/C34H50O13/c1-16(36)43-27-28(44-17(2)37)30(45-18(3)38)32(47-29(27)31(41)42-6)46-20-11-12-33(4)19(13-20)7-8-21-22-9-10-23(25(40)15-35)34(22,5)14-24(39)26(21)33/h19-23,25-30,32,35,40H,7-15H2,1-6H3/t19-,20-,21-,22+,23-,25-,26+,27+,28+,29-,30-,32-,33-,34-/m1/s1. The molecule has 5 rings (SSSR count). The summed E-state index contributed by atoms with van der Waals surface area (Å²) in [6.07, 6.45) is -2.54. The molecule has 5 fully saturated rings. The molecule has 264 valence electrons. The van der Waals surface area contributed by atoms with Gasteiger partial charge in [0.1, 0.15) is 5.78 Å². The highest BCUT2D eigenvalue weighted by molar-refractivity contribution is 5.84. The van der Waals surface area contributed by atoms with Crippen LogP contribution in [0.1, 0.15) is 86.0 Å². The van der Waals surface area contributed by atoms with Gasteiger partial charge in [0.25, 0.3) is 0 Å². The third-order valence-corrected chi connectivity index (χ3v) is 12.2. The molecule has 0 radical (unpaired) electrons. The Balaban J connectivity index is 1.36. The highest BCUT2D eigenvalue weighted by Crippen LogP contribution is 2.67. The normalized spacial score (nSPS) is 43.4.